The molecule has 4 rings (SSSR count). The maximum absolute atomic E-state index is 6.32. The van der Waals surface area contributed by atoms with E-state index >= 15 is 0 Å². The molecule has 26 heavy (non-hydrogen) atoms. The third-order valence-corrected chi connectivity index (χ3v) is 5.79. The van der Waals surface area contributed by atoms with Crippen LogP contribution in [0.3, 0.4) is 0 Å². The highest BCUT2D eigenvalue weighted by Gasteiger charge is 2.21. The lowest BCUT2D eigenvalue weighted by atomic mass is 10.0. The van der Waals surface area contributed by atoms with Gasteiger partial charge in [-0.05, 0) is 40.8 Å². The molecule has 0 bridgehead atoms. The number of pyridine rings is 1. The van der Waals surface area contributed by atoms with Gasteiger partial charge in [-0.2, -0.15) is 11.3 Å². The van der Waals surface area contributed by atoms with Crippen LogP contribution in [0.1, 0.15) is 17.6 Å². The zero-order chi connectivity index (χ0) is 18.1. The van der Waals surface area contributed by atoms with E-state index in [2.05, 4.69) is 33.2 Å². The van der Waals surface area contributed by atoms with Gasteiger partial charge in [-0.25, -0.2) is 4.98 Å². The van der Waals surface area contributed by atoms with Gasteiger partial charge in [0.25, 0.3) is 0 Å². The van der Waals surface area contributed by atoms with Crippen molar-refractivity contribution >= 4 is 51.1 Å². The van der Waals surface area contributed by atoms with E-state index < -0.39 is 0 Å². The molecule has 7 heteroatoms. The largest absolute Gasteiger partial charge is 0.456 e. The average molecular weight is 404 g/mol. The SMILES string of the molecule is C[C@H](N)Cc1oc2c(NCc3cccs3)cc(Cl)nc2c1-c1ccsc1. The molecule has 3 N–H and O–H groups in total. The van der Waals surface area contributed by atoms with Crippen LogP contribution < -0.4 is 11.1 Å². The molecular weight excluding hydrogens is 386 g/mol. The molecule has 4 aromatic heterocycles. The minimum atomic E-state index is -0.00838. The number of anilines is 1. The Hall–Kier alpha value is -1.86. The average Bonchev–Trinajstić information content (AvgIpc) is 3.32. The summed E-state index contributed by atoms with van der Waals surface area (Å²) in [6.07, 6.45) is 0.642. The van der Waals surface area contributed by atoms with Gasteiger partial charge in [0, 0.05) is 30.0 Å². The van der Waals surface area contributed by atoms with Crippen LogP contribution in [0.5, 0.6) is 0 Å². The molecule has 0 saturated heterocycles. The third-order valence-electron chi connectivity index (χ3n) is 4.03. The first-order chi connectivity index (χ1) is 12.6. The number of furan rings is 1. The molecule has 0 unspecified atom stereocenters. The van der Waals surface area contributed by atoms with E-state index in [0.29, 0.717) is 18.1 Å². The second kappa shape index (κ2) is 7.40. The maximum atomic E-state index is 6.32. The van der Waals surface area contributed by atoms with Crippen molar-refractivity contribution in [1.82, 2.24) is 4.98 Å². The first kappa shape index (κ1) is 17.5. The summed E-state index contributed by atoms with van der Waals surface area (Å²) in [5.74, 6) is 0.849. The highest BCUT2D eigenvalue weighted by molar-refractivity contribution is 7.09. The van der Waals surface area contributed by atoms with Crippen LogP contribution in [0.15, 0.2) is 44.8 Å². The van der Waals surface area contributed by atoms with Crippen LogP contribution in [0, 0.1) is 0 Å². The molecule has 4 aromatic rings. The zero-order valence-electron chi connectivity index (χ0n) is 14.2. The van der Waals surface area contributed by atoms with Crippen LogP contribution in [0.2, 0.25) is 5.15 Å². The van der Waals surface area contributed by atoms with Crippen LogP contribution in [0.4, 0.5) is 5.69 Å². The van der Waals surface area contributed by atoms with Gasteiger partial charge >= 0.3 is 0 Å². The van der Waals surface area contributed by atoms with Crippen molar-refractivity contribution < 1.29 is 4.42 Å². The van der Waals surface area contributed by atoms with Crippen molar-refractivity contribution in [3.05, 3.63) is 56.2 Å². The lowest BCUT2D eigenvalue weighted by Gasteiger charge is -2.06. The summed E-state index contributed by atoms with van der Waals surface area (Å²) < 4.78 is 6.23. The lowest BCUT2D eigenvalue weighted by Crippen LogP contribution is -2.17. The van der Waals surface area contributed by atoms with Crippen molar-refractivity contribution in [2.24, 2.45) is 5.73 Å². The Bertz CT molecular complexity index is 1010. The number of hydrogen-bond donors (Lipinski definition) is 2. The van der Waals surface area contributed by atoms with Crippen molar-refractivity contribution in [1.29, 1.82) is 0 Å². The van der Waals surface area contributed by atoms with Gasteiger partial charge < -0.3 is 15.5 Å². The van der Waals surface area contributed by atoms with Crippen molar-refractivity contribution in [2.45, 2.75) is 25.9 Å². The number of halogens is 1. The topological polar surface area (TPSA) is 64.1 Å². The number of nitrogens with two attached hydrogens (primary N) is 1. The molecule has 0 radical (unpaired) electrons. The first-order valence-corrected chi connectivity index (χ1v) is 10.5. The van der Waals surface area contributed by atoms with E-state index in [1.165, 1.54) is 4.88 Å². The predicted octanol–water partition coefficient (Wildman–Crippen LogP) is 5.77. The van der Waals surface area contributed by atoms with E-state index in [0.717, 1.165) is 33.7 Å². The molecule has 4 heterocycles. The highest BCUT2D eigenvalue weighted by atomic mass is 35.5. The fraction of sp³-hybridized carbons (Fsp3) is 0.211. The fourth-order valence-electron chi connectivity index (χ4n) is 2.95. The first-order valence-electron chi connectivity index (χ1n) is 8.28. The second-order valence-electron chi connectivity index (χ2n) is 6.20. The van der Waals surface area contributed by atoms with Gasteiger partial charge in [0.15, 0.2) is 5.58 Å². The number of thiophene rings is 2. The molecule has 0 fully saturated rings. The molecular formula is C19H18ClN3OS2. The monoisotopic (exact) mass is 403 g/mol. The highest BCUT2D eigenvalue weighted by Crippen LogP contribution is 2.39. The maximum Gasteiger partial charge on any atom is 0.176 e. The predicted molar refractivity (Wildman–Crippen MR) is 111 cm³/mol. The normalized spacial score (nSPS) is 12.6. The molecule has 134 valence electrons. The van der Waals surface area contributed by atoms with Gasteiger partial charge in [-0.1, -0.05) is 17.7 Å². The van der Waals surface area contributed by atoms with Crippen molar-refractivity contribution in [3.63, 3.8) is 0 Å². The molecule has 0 aromatic carbocycles. The number of nitrogens with zero attached hydrogens (tertiary/aromatic N) is 1. The number of aromatic nitrogens is 1. The van der Waals surface area contributed by atoms with Crippen LogP contribution in [0.25, 0.3) is 22.2 Å². The molecule has 0 aliphatic carbocycles. The van der Waals surface area contributed by atoms with Gasteiger partial charge in [0.05, 0.1) is 11.3 Å². The Balaban J connectivity index is 1.83. The molecule has 0 spiro atoms. The van der Waals surface area contributed by atoms with Gasteiger partial charge in [0.2, 0.25) is 0 Å². The summed E-state index contributed by atoms with van der Waals surface area (Å²) >= 11 is 9.67. The minimum Gasteiger partial charge on any atom is -0.456 e. The summed E-state index contributed by atoms with van der Waals surface area (Å²) in [6, 6.07) is 8.01. The van der Waals surface area contributed by atoms with Gasteiger partial charge in [-0.15, -0.1) is 11.3 Å². The Morgan fingerprint density at radius 2 is 2.23 bits per heavy atom. The zero-order valence-corrected chi connectivity index (χ0v) is 16.5. The lowest BCUT2D eigenvalue weighted by molar-refractivity contribution is 0.527. The van der Waals surface area contributed by atoms with E-state index in [4.69, 9.17) is 21.8 Å². The number of fused-ring (bicyclic) bond motifs is 1. The second-order valence-corrected chi connectivity index (χ2v) is 8.40. The van der Waals surface area contributed by atoms with Gasteiger partial charge in [0.1, 0.15) is 16.4 Å². The number of rotatable bonds is 6. The Labute approximate surface area is 164 Å². The smallest absolute Gasteiger partial charge is 0.176 e. The minimum absolute atomic E-state index is 0.00838. The van der Waals surface area contributed by atoms with Crippen LogP contribution >= 0.6 is 34.3 Å². The van der Waals surface area contributed by atoms with E-state index in [1.807, 2.05) is 24.4 Å². The Morgan fingerprint density at radius 1 is 1.35 bits per heavy atom. The Morgan fingerprint density at radius 3 is 2.92 bits per heavy atom. The molecule has 0 saturated carbocycles. The van der Waals surface area contributed by atoms with Gasteiger partial charge in [-0.3, -0.25) is 0 Å². The summed E-state index contributed by atoms with van der Waals surface area (Å²) in [5.41, 5.74) is 10.5. The molecule has 4 nitrogen and oxygen atoms in total. The Kier molecular flexibility index (Phi) is 5.00. The molecule has 0 aliphatic heterocycles. The van der Waals surface area contributed by atoms with Crippen LogP contribution in [-0.4, -0.2) is 11.0 Å². The van der Waals surface area contributed by atoms with Crippen molar-refractivity contribution in [2.75, 3.05) is 5.32 Å². The standard InChI is InChI=1S/C19H18ClN3OS2/c1-11(21)7-15-17(12-4-6-25-10-12)18-19(24-15)14(8-16(20)23-18)22-9-13-3-2-5-26-13/h2-6,8,10-11H,7,9,21H2,1H3,(H,22,23)/t11-/m0/s1. The number of hydrogen-bond acceptors (Lipinski definition) is 6. The summed E-state index contributed by atoms with van der Waals surface area (Å²) in [4.78, 5) is 5.81. The molecule has 0 amide bonds. The summed E-state index contributed by atoms with van der Waals surface area (Å²) in [5, 5.41) is 10.1. The fourth-order valence-corrected chi connectivity index (χ4v) is 4.43. The van der Waals surface area contributed by atoms with E-state index in [1.54, 1.807) is 22.7 Å². The van der Waals surface area contributed by atoms with E-state index in [9.17, 15) is 0 Å². The van der Waals surface area contributed by atoms with Crippen LogP contribution in [-0.2, 0) is 13.0 Å². The number of nitrogens with one attached hydrogen (secondary N) is 1. The quantitative estimate of drug-likeness (QED) is 0.401. The third kappa shape index (κ3) is 3.50. The summed E-state index contributed by atoms with van der Waals surface area (Å²) in [6.45, 7) is 2.69. The van der Waals surface area contributed by atoms with E-state index in [-0.39, 0.29) is 6.04 Å². The summed E-state index contributed by atoms with van der Waals surface area (Å²) in [7, 11) is 0. The molecule has 1 atom stereocenters. The molecule has 0 aliphatic rings. The van der Waals surface area contributed by atoms with Crippen molar-refractivity contribution in [3.8, 4) is 11.1 Å².